The van der Waals surface area contributed by atoms with Crippen molar-refractivity contribution in [1.82, 2.24) is 4.98 Å². The number of halogens is 1. The Labute approximate surface area is 142 Å². The SMILES string of the molecule is CCC(C)c1ccc(NC(C)C(=O)Nc2ccc(Cl)cn2)cc1. The van der Waals surface area contributed by atoms with Crippen molar-refractivity contribution in [2.24, 2.45) is 0 Å². The van der Waals surface area contributed by atoms with Crippen molar-refractivity contribution in [3.63, 3.8) is 0 Å². The molecule has 0 aliphatic rings. The monoisotopic (exact) mass is 331 g/mol. The number of hydrogen-bond donors (Lipinski definition) is 2. The second kappa shape index (κ2) is 7.97. The van der Waals surface area contributed by atoms with Gasteiger partial charge in [-0.25, -0.2) is 4.98 Å². The number of rotatable bonds is 6. The number of carbonyl (C=O) groups is 1. The van der Waals surface area contributed by atoms with E-state index in [9.17, 15) is 4.79 Å². The van der Waals surface area contributed by atoms with Gasteiger partial charge in [-0.3, -0.25) is 4.79 Å². The summed E-state index contributed by atoms with van der Waals surface area (Å²) in [5, 5.41) is 6.49. The molecule has 5 heteroatoms. The molecule has 0 saturated carbocycles. The molecule has 0 saturated heterocycles. The molecule has 2 aromatic rings. The van der Waals surface area contributed by atoms with E-state index in [2.05, 4.69) is 41.6 Å². The van der Waals surface area contributed by atoms with Gasteiger partial charge in [-0.05, 0) is 49.1 Å². The largest absolute Gasteiger partial charge is 0.374 e. The smallest absolute Gasteiger partial charge is 0.247 e. The predicted molar refractivity (Wildman–Crippen MR) is 96.1 cm³/mol. The minimum Gasteiger partial charge on any atom is -0.374 e. The second-order valence-corrected chi connectivity index (χ2v) is 6.08. The number of amides is 1. The van der Waals surface area contributed by atoms with Gasteiger partial charge in [-0.15, -0.1) is 0 Å². The molecule has 0 aliphatic carbocycles. The summed E-state index contributed by atoms with van der Waals surface area (Å²) in [5.41, 5.74) is 2.23. The van der Waals surface area contributed by atoms with Crippen LogP contribution in [0.4, 0.5) is 11.5 Å². The van der Waals surface area contributed by atoms with Gasteiger partial charge in [0.05, 0.1) is 5.02 Å². The molecular formula is C18H22ClN3O. The van der Waals surface area contributed by atoms with Gasteiger partial charge in [0.25, 0.3) is 0 Å². The maximum Gasteiger partial charge on any atom is 0.247 e. The molecule has 2 N–H and O–H groups in total. The van der Waals surface area contributed by atoms with Gasteiger partial charge in [0.15, 0.2) is 0 Å². The van der Waals surface area contributed by atoms with E-state index in [1.165, 1.54) is 11.8 Å². The molecule has 1 heterocycles. The molecule has 23 heavy (non-hydrogen) atoms. The molecular weight excluding hydrogens is 310 g/mol. The third-order valence-corrected chi connectivity index (χ3v) is 4.07. The molecule has 0 bridgehead atoms. The lowest BCUT2D eigenvalue weighted by Crippen LogP contribution is -2.32. The van der Waals surface area contributed by atoms with Crippen molar-refractivity contribution in [2.75, 3.05) is 10.6 Å². The van der Waals surface area contributed by atoms with Crippen LogP contribution in [0.25, 0.3) is 0 Å². The van der Waals surface area contributed by atoms with Crippen LogP contribution in [0.2, 0.25) is 5.02 Å². The highest BCUT2D eigenvalue weighted by atomic mass is 35.5. The lowest BCUT2D eigenvalue weighted by molar-refractivity contribution is -0.116. The van der Waals surface area contributed by atoms with Crippen LogP contribution in [-0.2, 0) is 4.79 Å². The van der Waals surface area contributed by atoms with E-state index in [0.717, 1.165) is 12.1 Å². The van der Waals surface area contributed by atoms with E-state index in [-0.39, 0.29) is 11.9 Å². The third kappa shape index (κ3) is 4.96. The summed E-state index contributed by atoms with van der Waals surface area (Å²) in [4.78, 5) is 16.2. The van der Waals surface area contributed by atoms with Crippen LogP contribution >= 0.6 is 11.6 Å². The van der Waals surface area contributed by atoms with Gasteiger partial charge >= 0.3 is 0 Å². The Kier molecular flexibility index (Phi) is 5.99. The first-order valence-electron chi connectivity index (χ1n) is 7.78. The summed E-state index contributed by atoms with van der Waals surface area (Å²) in [6.45, 7) is 6.19. The molecule has 1 aromatic carbocycles. The van der Waals surface area contributed by atoms with Crippen LogP contribution in [0.15, 0.2) is 42.6 Å². The van der Waals surface area contributed by atoms with Crippen LogP contribution in [0, 0.1) is 0 Å². The highest BCUT2D eigenvalue weighted by Gasteiger charge is 2.13. The van der Waals surface area contributed by atoms with Crippen molar-refractivity contribution in [2.45, 2.75) is 39.2 Å². The molecule has 1 amide bonds. The lowest BCUT2D eigenvalue weighted by atomic mass is 9.98. The number of hydrogen-bond acceptors (Lipinski definition) is 3. The van der Waals surface area contributed by atoms with E-state index in [0.29, 0.717) is 16.8 Å². The van der Waals surface area contributed by atoms with Crippen molar-refractivity contribution in [3.8, 4) is 0 Å². The number of carbonyl (C=O) groups excluding carboxylic acids is 1. The normalized spacial score (nSPS) is 13.2. The average Bonchev–Trinajstić information content (AvgIpc) is 2.56. The van der Waals surface area contributed by atoms with Crippen LogP contribution in [0.3, 0.4) is 0 Å². The minimum atomic E-state index is -0.373. The fourth-order valence-corrected chi connectivity index (χ4v) is 2.26. The number of benzene rings is 1. The topological polar surface area (TPSA) is 54.0 Å². The first kappa shape index (κ1) is 17.3. The molecule has 122 valence electrons. The number of pyridine rings is 1. The molecule has 2 atom stereocenters. The van der Waals surface area contributed by atoms with Gasteiger partial charge in [-0.1, -0.05) is 37.6 Å². The van der Waals surface area contributed by atoms with Crippen molar-refractivity contribution in [1.29, 1.82) is 0 Å². The number of aromatic nitrogens is 1. The van der Waals surface area contributed by atoms with Crippen LogP contribution in [-0.4, -0.2) is 16.9 Å². The van der Waals surface area contributed by atoms with E-state index < -0.39 is 0 Å². The molecule has 4 nitrogen and oxygen atoms in total. The molecule has 0 fully saturated rings. The summed E-state index contributed by atoms with van der Waals surface area (Å²) in [5.74, 6) is 0.881. The minimum absolute atomic E-state index is 0.147. The first-order chi connectivity index (χ1) is 11.0. The van der Waals surface area contributed by atoms with Crippen LogP contribution in [0.5, 0.6) is 0 Å². The zero-order valence-electron chi connectivity index (χ0n) is 13.6. The maximum absolute atomic E-state index is 12.2. The van der Waals surface area contributed by atoms with Gasteiger partial charge in [0.1, 0.15) is 11.9 Å². The molecule has 0 aliphatic heterocycles. The zero-order chi connectivity index (χ0) is 16.8. The molecule has 0 radical (unpaired) electrons. The van der Waals surface area contributed by atoms with E-state index in [1.54, 1.807) is 12.1 Å². The van der Waals surface area contributed by atoms with Crippen LogP contribution in [0.1, 0.15) is 38.7 Å². The molecule has 1 aromatic heterocycles. The molecule has 0 spiro atoms. The summed E-state index contributed by atoms with van der Waals surface area (Å²) in [6, 6.07) is 11.2. The van der Waals surface area contributed by atoms with Gasteiger partial charge < -0.3 is 10.6 Å². The fourth-order valence-electron chi connectivity index (χ4n) is 2.14. The lowest BCUT2D eigenvalue weighted by Gasteiger charge is -2.16. The Bertz CT molecular complexity index is 640. The Morgan fingerprint density at radius 1 is 1.17 bits per heavy atom. The van der Waals surface area contributed by atoms with E-state index in [4.69, 9.17) is 11.6 Å². The number of nitrogens with one attached hydrogen (secondary N) is 2. The predicted octanol–water partition coefficient (Wildman–Crippen LogP) is 4.69. The van der Waals surface area contributed by atoms with Crippen molar-refractivity contribution < 1.29 is 4.79 Å². The highest BCUT2D eigenvalue weighted by Crippen LogP contribution is 2.21. The third-order valence-electron chi connectivity index (χ3n) is 3.85. The molecule has 2 unspecified atom stereocenters. The Morgan fingerprint density at radius 3 is 2.43 bits per heavy atom. The van der Waals surface area contributed by atoms with Gasteiger partial charge in [0, 0.05) is 11.9 Å². The van der Waals surface area contributed by atoms with Gasteiger partial charge in [0.2, 0.25) is 5.91 Å². The standard InChI is InChI=1S/C18H22ClN3O/c1-4-12(2)14-5-8-16(9-6-14)21-13(3)18(23)22-17-10-7-15(19)11-20-17/h5-13,21H,4H2,1-3H3,(H,20,22,23). The maximum atomic E-state index is 12.2. The first-order valence-corrected chi connectivity index (χ1v) is 8.16. The van der Waals surface area contributed by atoms with Crippen molar-refractivity contribution in [3.05, 3.63) is 53.2 Å². The van der Waals surface area contributed by atoms with Crippen LogP contribution < -0.4 is 10.6 Å². The average molecular weight is 332 g/mol. The van der Waals surface area contributed by atoms with E-state index in [1.807, 2.05) is 19.1 Å². The summed E-state index contributed by atoms with van der Waals surface area (Å²) >= 11 is 5.78. The quantitative estimate of drug-likeness (QED) is 0.807. The number of nitrogens with zero attached hydrogens (tertiary/aromatic N) is 1. The van der Waals surface area contributed by atoms with Crippen molar-refractivity contribution >= 4 is 29.0 Å². The Hall–Kier alpha value is -2.07. The Morgan fingerprint density at radius 2 is 1.87 bits per heavy atom. The summed E-state index contributed by atoms with van der Waals surface area (Å²) in [6.07, 6.45) is 2.61. The zero-order valence-corrected chi connectivity index (χ0v) is 14.4. The fraction of sp³-hybridized carbons (Fsp3) is 0.333. The highest BCUT2D eigenvalue weighted by molar-refractivity contribution is 6.30. The Balaban J connectivity index is 1.93. The summed E-state index contributed by atoms with van der Waals surface area (Å²) < 4.78 is 0. The van der Waals surface area contributed by atoms with Gasteiger partial charge in [-0.2, -0.15) is 0 Å². The molecule has 2 rings (SSSR count). The summed E-state index contributed by atoms with van der Waals surface area (Å²) in [7, 11) is 0. The van der Waals surface area contributed by atoms with E-state index >= 15 is 0 Å². The number of anilines is 2. The second-order valence-electron chi connectivity index (χ2n) is 5.65.